The van der Waals surface area contributed by atoms with Gasteiger partial charge >= 0.3 is 0 Å². The molecule has 6 nitrogen and oxygen atoms in total. The highest BCUT2D eigenvalue weighted by Gasteiger charge is 2.13. The van der Waals surface area contributed by atoms with E-state index in [0.29, 0.717) is 24.1 Å². The fourth-order valence-electron chi connectivity index (χ4n) is 1.83. The number of nitrogen functional groups attached to an aromatic ring is 1. The van der Waals surface area contributed by atoms with Crippen LogP contribution in [-0.4, -0.2) is 27.0 Å². The van der Waals surface area contributed by atoms with Gasteiger partial charge in [0, 0.05) is 12.7 Å². The molecule has 0 saturated heterocycles. The standard InChI is InChI=1S/C13H19N5O/c1-8(2)6-16-10(19)7-18-12-11(17-13(18)14)9(3)4-5-15-12/h4-5,8H,6-7H2,1-3H3,(H2,14,17)(H,16,19). The molecule has 3 N–H and O–H groups in total. The number of aryl methyl sites for hydroxylation is 1. The molecule has 0 aliphatic rings. The first-order chi connectivity index (χ1) is 8.99. The number of pyridine rings is 1. The van der Waals surface area contributed by atoms with E-state index in [-0.39, 0.29) is 12.5 Å². The summed E-state index contributed by atoms with van der Waals surface area (Å²) in [4.78, 5) is 20.4. The van der Waals surface area contributed by atoms with E-state index in [2.05, 4.69) is 15.3 Å². The zero-order valence-electron chi connectivity index (χ0n) is 11.5. The van der Waals surface area contributed by atoms with Crippen molar-refractivity contribution in [1.82, 2.24) is 19.9 Å². The SMILES string of the molecule is Cc1ccnc2c1nc(N)n2CC(=O)NCC(C)C. The van der Waals surface area contributed by atoms with Crippen molar-refractivity contribution in [2.24, 2.45) is 5.92 Å². The zero-order chi connectivity index (χ0) is 14.0. The van der Waals surface area contributed by atoms with Gasteiger partial charge in [-0.1, -0.05) is 13.8 Å². The molecule has 2 heterocycles. The van der Waals surface area contributed by atoms with Crippen molar-refractivity contribution >= 4 is 23.0 Å². The first-order valence-corrected chi connectivity index (χ1v) is 6.33. The number of fused-ring (bicyclic) bond motifs is 1. The van der Waals surface area contributed by atoms with Crippen LogP contribution in [-0.2, 0) is 11.3 Å². The van der Waals surface area contributed by atoms with Gasteiger partial charge in [-0.25, -0.2) is 9.97 Å². The summed E-state index contributed by atoms with van der Waals surface area (Å²) in [5.74, 6) is 0.653. The lowest BCUT2D eigenvalue weighted by molar-refractivity contribution is -0.121. The molecule has 1 amide bonds. The average molecular weight is 261 g/mol. The summed E-state index contributed by atoms with van der Waals surface area (Å²) in [5, 5.41) is 2.86. The summed E-state index contributed by atoms with van der Waals surface area (Å²) in [7, 11) is 0. The van der Waals surface area contributed by atoms with Crippen molar-refractivity contribution in [3.05, 3.63) is 17.8 Å². The second kappa shape index (κ2) is 5.26. The third kappa shape index (κ3) is 2.83. The molecule has 2 aromatic heterocycles. The van der Waals surface area contributed by atoms with E-state index in [9.17, 15) is 4.79 Å². The molecule has 0 atom stereocenters. The van der Waals surface area contributed by atoms with E-state index in [1.807, 2.05) is 26.8 Å². The van der Waals surface area contributed by atoms with Gasteiger partial charge in [0.05, 0.1) is 0 Å². The van der Waals surface area contributed by atoms with Gasteiger partial charge in [0.15, 0.2) is 5.65 Å². The monoisotopic (exact) mass is 261 g/mol. The van der Waals surface area contributed by atoms with Crippen LogP contribution in [0.4, 0.5) is 5.95 Å². The normalized spacial score (nSPS) is 11.2. The summed E-state index contributed by atoms with van der Waals surface area (Å²) in [6, 6.07) is 1.87. The Balaban J connectivity index is 2.23. The molecule has 6 heteroatoms. The number of nitrogens with one attached hydrogen (secondary N) is 1. The van der Waals surface area contributed by atoms with E-state index in [0.717, 1.165) is 11.1 Å². The van der Waals surface area contributed by atoms with Crippen LogP contribution in [0, 0.1) is 12.8 Å². The number of nitrogens with zero attached hydrogens (tertiary/aromatic N) is 3. The number of nitrogens with two attached hydrogens (primary N) is 1. The third-order valence-corrected chi connectivity index (χ3v) is 2.87. The van der Waals surface area contributed by atoms with Crippen LogP contribution >= 0.6 is 0 Å². The van der Waals surface area contributed by atoms with Crippen LogP contribution in [0.3, 0.4) is 0 Å². The number of amides is 1. The molecule has 19 heavy (non-hydrogen) atoms. The van der Waals surface area contributed by atoms with Crippen LogP contribution in [0.1, 0.15) is 19.4 Å². The van der Waals surface area contributed by atoms with Crippen LogP contribution < -0.4 is 11.1 Å². The van der Waals surface area contributed by atoms with E-state index in [1.165, 1.54) is 0 Å². The Kier molecular flexibility index (Phi) is 3.69. The minimum absolute atomic E-state index is 0.0805. The molecule has 0 aliphatic carbocycles. The van der Waals surface area contributed by atoms with Gasteiger partial charge < -0.3 is 11.1 Å². The molecule has 0 bridgehead atoms. The number of hydrogen-bond acceptors (Lipinski definition) is 4. The first kappa shape index (κ1) is 13.3. The minimum atomic E-state index is -0.0805. The number of imidazole rings is 1. The van der Waals surface area contributed by atoms with Crippen molar-refractivity contribution < 1.29 is 4.79 Å². The van der Waals surface area contributed by atoms with E-state index in [1.54, 1.807) is 10.8 Å². The molecule has 0 saturated carbocycles. The fourth-order valence-corrected chi connectivity index (χ4v) is 1.83. The summed E-state index contributed by atoms with van der Waals surface area (Å²) >= 11 is 0. The Hall–Kier alpha value is -2.11. The van der Waals surface area contributed by atoms with E-state index >= 15 is 0 Å². The molecule has 0 radical (unpaired) electrons. The Morgan fingerprint density at radius 1 is 1.53 bits per heavy atom. The van der Waals surface area contributed by atoms with Gasteiger partial charge in [0.1, 0.15) is 12.1 Å². The molecule has 0 fully saturated rings. The Labute approximate surface area is 112 Å². The van der Waals surface area contributed by atoms with Crippen molar-refractivity contribution in [3.63, 3.8) is 0 Å². The largest absolute Gasteiger partial charge is 0.369 e. The molecule has 0 aliphatic heterocycles. The first-order valence-electron chi connectivity index (χ1n) is 6.33. The van der Waals surface area contributed by atoms with Crippen LogP contribution in [0.5, 0.6) is 0 Å². The second-order valence-electron chi connectivity index (χ2n) is 5.05. The lowest BCUT2D eigenvalue weighted by Crippen LogP contribution is -2.31. The molecule has 0 unspecified atom stereocenters. The fraction of sp³-hybridized carbons (Fsp3) is 0.462. The molecule has 2 rings (SSSR count). The average Bonchev–Trinajstić information content (AvgIpc) is 2.66. The summed E-state index contributed by atoms with van der Waals surface area (Å²) in [6.07, 6.45) is 1.70. The van der Waals surface area contributed by atoms with Gasteiger partial charge in [-0.2, -0.15) is 0 Å². The highest BCUT2D eigenvalue weighted by Crippen LogP contribution is 2.18. The molecule has 2 aromatic rings. The zero-order valence-corrected chi connectivity index (χ0v) is 11.5. The Morgan fingerprint density at radius 3 is 2.95 bits per heavy atom. The topological polar surface area (TPSA) is 85.8 Å². The molecular weight excluding hydrogens is 242 g/mol. The predicted octanol–water partition coefficient (Wildman–Crippen LogP) is 1.09. The smallest absolute Gasteiger partial charge is 0.240 e. The highest BCUT2D eigenvalue weighted by molar-refractivity contribution is 5.82. The molecule has 0 spiro atoms. The van der Waals surface area contributed by atoms with E-state index < -0.39 is 0 Å². The maximum absolute atomic E-state index is 11.9. The number of carbonyl (C=O) groups is 1. The minimum Gasteiger partial charge on any atom is -0.369 e. The Morgan fingerprint density at radius 2 is 2.26 bits per heavy atom. The number of aromatic nitrogens is 3. The maximum atomic E-state index is 11.9. The maximum Gasteiger partial charge on any atom is 0.240 e. The van der Waals surface area contributed by atoms with Gasteiger partial charge in [0.2, 0.25) is 11.9 Å². The molecular formula is C13H19N5O. The molecule has 102 valence electrons. The van der Waals surface area contributed by atoms with Gasteiger partial charge in [-0.15, -0.1) is 0 Å². The van der Waals surface area contributed by atoms with Crippen molar-refractivity contribution in [2.75, 3.05) is 12.3 Å². The van der Waals surface area contributed by atoms with Crippen molar-refractivity contribution in [2.45, 2.75) is 27.3 Å². The van der Waals surface area contributed by atoms with Gasteiger partial charge in [-0.3, -0.25) is 9.36 Å². The number of anilines is 1. The summed E-state index contributed by atoms with van der Waals surface area (Å²) < 4.78 is 1.64. The molecule has 0 aromatic carbocycles. The third-order valence-electron chi connectivity index (χ3n) is 2.87. The second-order valence-corrected chi connectivity index (χ2v) is 5.05. The number of rotatable bonds is 4. The Bertz CT molecular complexity index is 602. The van der Waals surface area contributed by atoms with Crippen LogP contribution in [0.15, 0.2) is 12.3 Å². The van der Waals surface area contributed by atoms with Gasteiger partial charge in [0.25, 0.3) is 0 Å². The van der Waals surface area contributed by atoms with Crippen molar-refractivity contribution in [1.29, 1.82) is 0 Å². The summed E-state index contributed by atoms with van der Waals surface area (Å²) in [5.41, 5.74) is 8.25. The summed E-state index contributed by atoms with van der Waals surface area (Å²) in [6.45, 7) is 6.83. The predicted molar refractivity (Wildman–Crippen MR) is 74.5 cm³/mol. The lowest BCUT2D eigenvalue weighted by Gasteiger charge is -2.09. The quantitative estimate of drug-likeness (QED) is 0.862. The van der Waals surface area contributed by atoms with Crippen LogP contribution in [0.25, 0.3) is 11.2 Å². The lowest BCUT2D eigenvalue weighted by atomic mass is 10.2. The number of carbonyl (C=O) groups excluding carboxylic acids is 1. The highest BCUT2D eigenvalue weighted by atomic mass is 16.1. The van der Waals surface area contributed by atoms with Crippen molar-refractivity contribution in [3.8, 4) is 0 Å². The number of hydrogen-bond donors (Lipinski definition) is 2. The van der Waals surface area contributed by atoms with E-state index in [4.69, 9.17) is 5.73 Å². The van der Waals surface area contributed by atoms with Gasteiger partial charge in [-0.05, 0) is 24.5 Å². The van der Waals surface area contributed by atoms with Crippen LogP contribution in [0.2, 0.25) is 0 Å².